The Morgan fingerprint density at radius 3 is 2.29 bits per heavy atom. The Balaban J connectivity index is 1.57. The summed E-state index contributed by atoms with van der Waals surface area (Å²) < 4.78 is 30.5. The number of piperidine rings is 1. The second kappa shape index (κ2) is 6.37. The van der Waals surface area contributed by atoms with Gasteiger partial charge < -0.3 is 9.64 Å². The molecule has 132 valence electrons. The minimum absolute atomic E-state index is 0.123. The number of nitrogens with zero attached hydrogens (tertiary/aromatic N) is 2. The predicted octanol–water partition coefficient (Wildman–Crippen LogP) is 1.47. The number of amides is 1. The molecule has 7 heteroatoms. The summed E-state index contributed by atoms with van der Waals surface area (Å²) in [5, 5.41) is 0. The van der Waals surface area contributed by atoms with Gasteiger partial charge >= 0.3 is 0 Å². The van der Waals surface area contributed by atoms with E-state index < -0.39 is 10.0 Å². The van der Waals surface area contributed by atoms with Crippen molar-refractivity contribution in [1.29, 1.82) is 0 Å². The fraction of sp³-hybridized carbons (Fsp3) is 0.588. The Hall–Kier alpha value is -1.60. The normalized spacial score (nSPS) is 20.9. The van der Waals surface area contributed by atoms with Crippen LogP contribution in [0.2, 0.25) is 0 Å². The second-order valence-electron chi connectivity index (χ2n) is 6.59. The van der Waals surface area contributed by atoms with Gasteiger partial charge in [-0.25, -0.2) is 12.7 Å². The summed E-state index contributed by atoms with van der Waals surface area (Å²) in [7, 11) is -1.52. The molecule has 0 aliphatic carbocycles. The minimum Gasteiger partial charge on any atom is -0.497 e. The average Bonchev–Trinajstić information content (AvgIpc) is 2.62. The van der Waals surface area contributed by atoms with Crippen molar-refractivity contribution in [3.63, 3.8) is 0 Å². The van der Waals surface area contributed by atoms with E-state index in [1.807, 2.05) is 29.2 Å². The van der Waals surface area contributed by atoms with Crippen LogP contribution in [0.15, 0.2) is 24.3 Å². The standard InChI is InChI=1S/C17H24N2O4S/c1-3-24(21,22)19-10-8-17(9-11-19)13-18(16(17)20)12-14-4-6-15(23-2)7-5-14/h4-7H,3,8-13H2,1-2H3. The molecule has 1 aromatic rings. The lowest BCUT2D eigenvalue weighted by Crippen LogP contribution is -2.64. The summed E-state index contributed by atoms with van der Waals surface area (Å²) in [6.07, 6.45) is 1.26. The lowest BCUT2D eigenvalue weighted by atomic mass is 9.71. The van der Waals surface area contributed by atoms with Crippen LogP contribution < -0.4 is 4.74 Å². The molecule has 1 spiro atoms. The summed E-state index contributed by atoms with van der Waals surface area (Å²) in [5.74, 6) is 1.08. The van der Waals surface area contributed by atoms with Gasteiger partial charge in [0.1, 0.15) is 5.75 Å². The van der Waals surface area contributed by atoms with Gasteiger partial charge in [-0.05, 0) is 37.5 Å². The van der Waals surface area contributed by atoms with Crippen molar-refractivity contribution in [2.75, 3.05) is 32.5 Å². The first-order chi connectivity index (χ1) is 11.4. The number of hydrogen-bond donors (Lipinski definition) is 0. The van der Waals surface area contributed by atoms with Crippen molar-refractivity contribution in [1.82, 2.24) is 9.21 Å². The number of sulfonamides is 1. The maximum atomic E-state index is 12.6. The molecule has 0 saturated carbocycles. The molecule has 24 heavy (non-hydrogen) atoms. The topological polar surface area (TPSA) is 66.9 Å². The van der Waals surface area contributed by atoms with E-state index in [-0.39, 0.29) is 17.1 Å². The van der Waals surface area contributed by atoms with E-state index in [0.29, 0.717) is 32.5 Å². The molecule has 1 aromatic carbocycles. The van der Waals surface area contributed by atoms with Gasteiger partial charge in [-0.3, -0.25) is 4.79 Å². The third kappa shape index (κ3) is 3.02. The van der Waals surface area contributed by atoms with Crippen LogP contribution in [0.5, 0.6) is 5.75 Å². The fourth-order valence-electron chi connectivity index (χ4n) is 3.57. The highest BCUT2D eigenvalue weighted by atomic mass is 32.2. The molecule has 3 rings (SSSR count). The van der Waals surface area contributed by atoms with Crippen LogP contribution in [0, 0.1) is 5.41 Å². The molecule has 2 aliphatic rings. The molecule has 2 fully saturated rings. The zero-order valence-corrected chi connectivity index (χ0v) is 15.0. The molecule has 0 radical (unpaired) electrons. The summed E-state index contributed by atoms with van der Waals surface area (Å²) in [6, 6.07) is 7.72. The Morgan fingerprint density at radius 2 is 1.79 bits per heavy atom. The summed E-state index contributed by atoms with van der Waals surface area (Å²) in [6.45, 7) is 3.89. The fourth-order valence-corrected chi connectivity index (χ4v) is 4.68. The third-order valence-corrected chi connectivity index (χ3v) is 7.09. The Bertz CT molecular complexity index is 707. The van der Waals surface area contributed by atoms with E-state index >= 15 is 0 Å². The first kappa shape index (κ1) is 17.2. The number of rotatable bonds is 5. The van der Waals surface area contributed by atoms with Gasteiger partial charge in [0.15, 0.2) is 0 Å². The molecule has 6 nitrogen and oxygen atoms in total. The third-order valence-electron chi connectivity index (χ3n) is 5.20. The van der Waals surface area contributed by atoms with Gasteiger partial charge in [-0.2, -0.15) is 0 Å². The molecule has 2 saturated heterocycles. The van der Waals surface area contributed by atoms with Gasteiger partial charge in [0.05, 0.1) is 18.3 Å². The molecule has 0 atom stereocenters. The van der Waals surface area contributed by atoms with Crippen molar-refractivity contribution in [2.24, 2.45) is 5.41 Å². The van der Waals surface area contributed by atoms with E-state index in [2.05, 4.69) is 0 Å². The average molecular weight is 352 g/mol. The van der Waals surface area contributed by atoms with E-state index in [4.69, 9.17) is 4.74 Å². The maximum absolute atomic E-state index is 12.6. The lowest BCUT2D eigenvalue weighted by Gasteiger charge is -2.52. The Labute approximate surface area is 143 Å². The number of ether oxygens (including phenoxy) is 1. The molecule has 0 bridgehead atoms. The van der Waals surface area contributed by atoms with E-state index in [0.717, 1.165) is 17.9 Å². The molecule has 2 aliphatic heterocycles. The van der Waals surface area contributed by atoms with Gasteiger partial charge in [-0.1, -0.05) is 12.1 Å². The molecule has 1 amide bonds. The Morgan fingerprint density at radius 1 is 1.17 bits per heavy atom. The largest absolute Gasteiger partial charge is 0.497 e. The van der Waals surface area contributed by atoms with Crippen molar-refractivity contribution in [3.8, 4) is 5.75 Å². The number of methoxy groups -OCH3 is 1. The van der Waals surface area contributed by atoms with Crippen LogP contribution in [0.4, 0.5) is 0 Å². The number of carbonyl (C=O) groups excluding carboxylic acids is 1. The van der Waals surface area contributed by atoms with Crippen LogP contribution >= 0.6 is 0 Å². The van der Waals surface area contributed by atoms with Crippen LogP contribution in [0.3, 0.4) is 0 Å². The van der Waals surface area contributed by atoms with Gasteiger partial charge in [0.2, 0.25) is 15.9 Å². The zero-order chi connectivity index (χ0) is 17.4. The highest BCUT2D eigenvalue weighted by molar-refractivity contribution is 7.89. The number of benzene rings is 1. The van der Waals surface area contributed by atoms with Crippen molar-refractivity contribution in [3.05, 3.63) is 29.8 Å². The quantitative estimate of drug-likeness (QED) is 0.753. The maximum Gasteiger partial charge on any atom is 0.231 e. The van der Waals surface area contributed by atoms with Crippen LogP contribution in [-0.4, -0.2) is 56.0 Å². The molecule has 0 unspecified atom stereocenters. The second-order valence-corrected chi connectivity index (χ2v) is 8.85. The molecule has 0 N–H and O–H groups in total. The molecular formula is C17H24N2O4S. The van der Waals surface area contributed by atoms with Gasteiger partial charge in [-0.15, -0.1) is 0 Å². The van der Waals surface area contributed by atoms with E-state index in [1.54, 1.807) is 14.0 Å². The molecule has 0 aromatic heterocycles. The zero-order valence-electron chi connectivity index (χ0n) is 14.2. The monoisotopic (exact) mass is 352 g/mol. The minimum atomic E-state index is -3.15. The highest BCUT2D eigenvalue weighted by Gasteiger charge is 2.53. The van der Waals surface area contributed by atoms with Gasteiger partial charge in [0.25, 0.3) is 0 Å². The number of carbonyl (C=O) groups is 1. The first-order valence-corrected chi connectivity index (χ1v) is 9.91. The lowest BCUT2D eigenvalue weighted by molar-refractivity contribution is -0.165. The van der Waals surface area contributed by atoms with Gasteiger partial charge in [0, 0.05) is 26.2 Å². The Kier molecular flexibility index (Phi) is 4.57. The van der Waals surface area contributed by atoms with E-state index in [9.17, 15) is 13.2 Å². The van der Waals surface area contributed by atoms with Crippen molar-refractivity contribution in [2.45, 2.75) is 26.3 Å². The SMILES string of the molecule is CCS(=O)(=O)N1CCC2(CC1)CN(Cc1ccc(OC)cc1)C2=O. The van der Waals surface area contributed by atoms with Crippen LogP contribution in [0.1, 0.15) is 25.3 Å². The smallest absolute Gasteiger partial charge is 0.231 e. The van der Waals surface area contributed by atoms with E-state index in [1.165, 1.54) is 4.31 Å². The van der Waals surface area contributed by atoms with Crippen LogP contribution in [0.25, 0.3) is 0 Å². The number of likely N-dealkylation sites (tertiary alicyclic amines) is 1. The summed E-state index contributed by atoms with van der Waals surface area (Å²) in [5.41, 5.74) is 0.733. The molecule has 2 heterocycles. The summed E-state index contributed by atoms with van der Waals surface area (Å²) >= 11 is 0. The summed E-state index contributed by atoms with van der Waals surface area (Å²) in [4.78, 5) is 14.5. The number of hydrogen-bond acceptors (Lipinski definition) is 4. The van der Waals surface area contributed by atoms with Crippen LogP contribution in [-0.2, 0) is 21.4 Å². The first-order valence-electron chi connectivity index (χ1n) is 8.30. The number of β-lactam (4-membered cyclic amide) rings is 1. The molecular weight excluding hydrogens is 328 g/mol. The van der Waals surface area contributed by atoms with Crippen molar-refractivity contribution >= 4 is 15.9 Å². The van der Waals surface area contributed by atoms with Crippen molar-refractivity contribution < 1.29 is 17.9 Å². The predicted molar refractivity (Wildman–Crippen MR) is 91.1 cm³/mol. The highest BCUT2D eigenvalue weighted by Crippen LogP contribution is 2.42.